The van der Waals surface area contributed by atoms with Gasteiger partial charge in [0.1, 0.15) is 0 Å². The molecule has 2 amide bonds. The van der Waals surface area contributed by atoms with Crippen LogP contribution in [-0.2, 0) is 17.5 Å². The number of alkyl halides is 3. The maximum absolute atomic E-state index is 13.1. The number of pyridine rings is 1. The SMILES string of the molecule is CC(=O)Nc1ccc(C(=O)NC(=NCc2ccncc2)Nc2cccc(C(F)(F)F)c2)cc1. The van der Waals surface area contributed by atoms with Gasteiger partial charge >= 0.3 is 6.18 Å². The Hall–Kier alpha value is -4.21. The Balaban J connectivity index is 1.81. The largest absolute Gasteiger partial charge is 0.416 e. The van der Waals surface area contributed by atoms with E-state index in [1.165, 1.54) is 31.2 Å². The minimum atomic E-state index is -4.51. The molecule has 10 heteroatoms. The lowest BCUT2D eigenvalue weighted by Crippen LogP contribution is -2.36. The van der Waals surface area contributed by atoms with Crippen molar-refractivity contribution >= 4 is 29.1 Å². The molecule has 0 radical (unpaired) electrons. The average molecular weight is 455 g/mol. The minimum absolute atomic E-state index is 0.0259. The van der Waals surface area contributed by atoms with Crippen LogP contribution in [0, 0.1) is 0 Å². The second kappa shape index (κ2) is 10.4. The molecule has 3 rings (SSSR count). The summed E-state index contributed by atoms with van der Waals surface area (Å²) < 4.78 is 39.2. The number of hydrogen-bond acceptors (Lipinski definition) is 4. The van der Waals surface area contributed by atoms with Crippen LogP contribution in [0.1, 0.15) is 28.4 Å². The van der Waals surface area contributed by atoms with Crippen LogP contribution in [0.2, 0.25) is 0 Å². The van der Waals surface area contributed by atoms with E-state index in [-0.39, 0.29) is 29.7 Å². The molecule has 0 spiro atoms. The molecule has 0 aliphatic heterocycles. The predicted molar refractivity (Wildman–Crippen MR) is 119 cm³/mol. The van der Waals surface area contributed by atoms with Gasteiger partial charge in [0.25, 0.3) is 5.91 Å². The van der Waals surface area contributed by atoms with Gasteiger partial charge < -0.3 is 10.6 Å². The Morgan fingerprint density at radius 3 is 2.27 bits per heavy atom. The van der Waals surface area contributed by atoms with Crippen LogP contribution < -0.4 is 16.0 Å². The first kappa shape index (κ1) is 23.5. The molecule has 0 atom stereocenters. The van der Waals surface area contributed by atoms with E-state index in [0.29, 0.717) is 5.69 Å². The van der Waals surface area contributed by atoms with Gasteiger partial charge in [-0.15, -0.1) is 0 Å². The van der Waals surface area contributed by atoms with Crippen molar-refractivity contribution in [2.24, 2.45) is 4.99 Å². The zero-order valence-corrected chi connectivity index (χ0v) is 17.5. The molecule has 0 aliphatic rings. The van der Waals surface area contributed by atoms with Gasteiger partial charge in [0.15, 0.2) is 0 Å². The molecule has 7 nitrogen and oxygen atoms in total. The van der Waals surface area contributed by atoms with E-state index in [2.05, 4.69) is 25.9 Å². The average Bonchev–Trinajstić information content (AvgIpc) is 2.78. The highest BCUT2D eigenvalue weighted by atomic mass is 19.4. The third-order valence-electron chi connectivity index (χ3n) is 4.32. The number of benzene rings is 2. The topological polar surface area (TPSA) is 95.5 Å². The summed E-state index contributed by atoms with van der Waals surface area (Å²) in [5.74, 6) is -0.803. The molecule has 0 fully saturated rings. The molecule has 1 heterocycles. The van der Waals surface area contributed by atoms with E-state index in [1.54, 1.807) is 36.7 Å². The third-order valence-corrected chi connectivity index (χ3v) is 4.32. The summed E-state index contributed by atoms with van der Waals surface area (Å²) in [5, 5.41) is 7.93. The number of nitrogens with zero attached hydrogens (tertiary/aromatic N) is 2. The van der Waals surface area contributed by atoms with Crippen molar-refractivity contribution in [2.45, 2.75) is 19.6 Å². The van der Waals surface area contributed by atoms with Crippen molar-refractivity contribution in [1.82, 2.24) is 10.3 Å². The number of amides is 2. The van der Waals surface area contributed by atoms with Crippen molar-refractivity contribution < 1.29 is 22.8 Å². The van der Waals surface area contributed by atoms with E-state index < -0.39 is 17.6 Å². The first-order valence-corrected chi connectivity index (χ1v) is 9.77. The molecule has 170 valence electrons. The lowest BCUT2D eigenvalue weighted by atomic mass is 10.2. The summed E-state index contributed by atoms with van der Waals surface area (Å²) in [7, 11) is 0. The molecule has 2 aromatic carbocycles. The second-order valence-corrected chi connectivity index (χ2v) is 6.94. The van der Waals surface area contributed by atoms with Crippen molar-refractivity contribution in [1.29, 1.82) is 0 Å². The molecule has 33 heavy (non-hydrogen) atoms. The predicted octanol–water partition coefficient (Wildman–Crippen LogP) is 4.46. The molecule has 3 N–H and O–H groups in total. The first-order valence-electron chi connectivity index (χ1n) is 9.77. The van der Waals surface area contributed by atoms with Crippen LogP contribution in [0.25, 0.3) is 0 Å². The number of anilines is 2. The van der Waals surface area contributed by atoms with Crippen molar-refractivity contribution in [3.05, 3.63) is 89.7 Å². The highest BCUT2D eigenvalue weighted by Gasteiger charge is 2.30. The lowest BCUT2D eigenvalue weighted by molar-refractivity contribution is -0.137. The van der Waals surface area contributed by atoms with Gasteiger partial charge in [-0.05, 0) is 60.2 Å². The Morgan fingerprint density at radius 1 is 0.939 bits per heavy atom. The highest BCUT2D eigenvalue weighted by Crippen LogP contribution is 2.30. The fourth-order valence-corrected chi connectivity index (χ4v) is 2.77. The van der Waals surface area contributed by atoms with Crippen molar-refractivity contribution in [2.75, 3.05) is 10.6 Å². The van der Waals surface area contributed by atoms with Crippen LogP contribution in [0.15, 0.2) is 78.0 Å². The van der Waals surface area contributed by atoms with Crippen LogP contribution >= 0.6 is 0 Å². The Kier molecular flexibility index (Phi) is 7.39. The summed E-state index contributed by atoms with van der Waals surface area (Å²) in [6, 6.07) is 14.2. The zero-order valence-electron chi connectivity index (χ0n) is 17.5. The Morgan fingerprint density at radius 2 is 1.64 bits per heavy atom. The van der Waals surface area contributed by atoms with E-state index in [4.69, 9.17) is 0 Å². The number of guanidine groups is 1. The summed E-state index contributed by atoms with van der Waals surface area (Å²) in [4.78, 5) is 32.1. The van der Waals surface area contributed by atoms with Gasteiger partial charge in [-0.1, -0.05) is 6.07 Å². The molecule has 1 aromatic heterocycles. The number of aliphatic imine (C=N–C) groups is 1. The van der Waals surface area contributed by atoms with Crippen LogP contribution in [0.5, 0.6) is 0 Å². The fraction of sp³-hybridized carbons (Fsp3) is 0.130. The number of rotatable bonds is 5. The fourth-order valence-electron chi connectivity index (χ4n) is 2.77. The number of carbonyl (C=O) groups is 2. The van der Waals surface area contributed by atoms with E-state index in [1.807, 2.05) is 0 Å². The quantitative estimate of drug-likeness (QED) is 0.391. The van der Waals surface area contributed by atoms with Crippen LogP contribution in [0.3, 0.4) is 0 Å². The zero-order chi connectivity index (χ0) is 23.8. The summed E-state index contributed by atoms with van der Waals surface area (Å²) >= 11 is 0. The molecular formula is C23H20F3N5O2. The standard InChI is InChI=1S/C23H20F3N5O2/c1-15(32)29-19-7-5-17(6-8-19)21(33)31-22(28-14-16-9-11-27-12-10-16)30-20-4-2-3-18(13-20)23(24,25)26/h2-13H,14H2,1H3,(H,29,32)(H2,28,30,31,33). The number of hydrogen-bond donors (Lipinski definition) is 3. The molecule has 0 unspecified atom stereocenters. The van der Waals surface area contributed by atoms with Crippen molar-refractivity contribution in [3.63, 3.8) is 0 Å². The number of carbonyl (C=O) groups excluding carboxylic acids is 2. The van der Waals surface area contributed by atoms with Crippen LogP contribution in [-0.4, -0.2) is 22.8 Å². The Labute approximate surface area is 187 Å². The molecule has 0 saturated heterocycles. The first-order chi connectivity index (χ1) is 15.7. The maximum Gasteiger partial charge on any atom is 0.416 e. The summed E-state index contributed by atoms with van der Waals surface area (Å²) in [6.07, 6.45) is -1.34. The molecule has 0 aliphatic carbocycles. The summed E-state index contributed by atoms with van der Waals surface area (Å²) in [6.45, 7) is 1.52. The molecule has 0 bridgehead atoms. The third kappa shape index (κ3) is 7.17. The monoisotopic (exact) mass is 455 g/mol. The molecule has 3 aromatic rings. The maximum atomic E-state index is 13.1. The van der Waals surface area contributed by atoms with Gasteiger partial charge in [0.2, 0.25) is 11.9 Å². The lowest BCUT2D eigenvalue weighted by Gasteiger charge is -2.14. The van der Waals surface area contributed by atoms with E-state index >= 15 is 0 Å². The molecule has 0 saturated carbocycles. The Bertz CT molecular complexity index is 1150. The van der Waals surface area contributed by atoms with Crippen LogP contribution in [0.4, 0.5) is 24.5 Å². The van der Waals surface area contributed by atoms with Crippen molar-refractivity contribution in [3.8, 4) is 0 Å². The number of nitrogens with one attached hydrogen (secondary N) is 3. The van der Waals surface area contributed by atoms with Gasteiger partial charge in [-0.25, -0.2) is 4.99 Å². The minimum Gasteiger partial charge on any atom is -0.326 e. The van der Waals surface area contributed by atoms with Gasteiger partial charge in [-0.3, -0.25) is 19.9 Å². The highest BCUT2D eigenvalue weighted by molar-refractivity contribution is 6.10. The van der Waals surface area contributed by atoms with E-state index in [9.17, 15) is 22.8 Å². The summed E-state index contributed by atoms with van der Waals surface area (Å²) in [5.41, 5.74) is 0.863. The smallest absolute Gasteiger partial charge is 0.326 e. The van der Waals surface area contributed by atoms with Gasteiger partial charge in [-0.2, -0.15) is 13.2 Å². The number of halogens is 3. The number of aromatic nitrogens is 1. The second-order valence-electron chi connectivity index (χ2n) is 6.94. The van der Waals surface area contributed by atoms with Gasteiger partial charge in [0.05, 0.1) is 12.1 Å². The van der Waals surface area contributed by atoms with E-state index in [0.717, 1.165) is 17.7 Å². The normalized spacial score (nSPS) is 11.6. The van der Waals surface area contributed by atoms with Gasteiger partial charge in [0, 0.05) is 36.3 Å². The molecular weight excluding hydrogens is 435 g/mol.